The summed E-state index contributed by atoms with van der Waals surface area (Å²) in [7, 11) is 1.67. The molecular weight excluding hydrogens is 218 g/mol. The van der Waals surface area contributed by atoms with Gasteiger partial charge in [0.15, 0.2) is 0 Å². The first kappa shape index (κ1) is 14.0. The van der Waals surface area contributed by atoms with Gasteiger partial charge in [-0.3, -0.25) is 0 Å². The van der Waals surface area contributed by atoms with Crippen LogP contribution in [-0.2, 0) is 9.47 Å². The van der Waals surface area contributed by atoms with Crippen molar-refractivity contribution < 1.29 is 14.3 Å². The van der Waals surface area contributed by atoms with Crippen molar-refractivity contribution in [2.75, 3.05) is 7.11 Å². The van der Waals surface area contributed by atoms with Crippen molar-refractivity contribution in [3.05, 3.63) is 12.2 Å². The summed E-state index contributed by atoms with van der Waals surface area (Å²) in [4.78, 5) is 11.7. The minimum atomic E-state index is -0.474. The molecule has 0 aromatic carbocycles. The van der Waals surface area contributed by atoms with E-state index in [0.29, 0.717) is 0 Å². The van der Waals surface area contributed by atoms with Crippen LogP contribution in [0.1, 0.15) is 40.0 Å². The Bertz CT molecular complexity index is 294. The van der Waals surface area contributed by atoms with Gasteiger partial charge in [0.1, 0.15) is 5.60 Å². The van der Waals surface area contributed by atoms with Crippen molar-refractivity contribution >= 4 is 6.09 Å². The zero-order valence-corrected chi connectivity index (χ0v) is 11.2. The van der Waals surface area contributed by atoms with Crippen LogP contribution in [0.4, 0.5) is 4.79 Å². The van der Waals surface area contributed by atoms with Crippen LogP contribution in [0, 0.1) is 0 Å². The van der Waals surface area contributed by atoms with E-state index in [0.717, 1.165) is 24.8 Å². The summed E-state index contributed by atoms with van der Waals surface area (Å²) in [5.74, 6) is 0. The van der Waals surface area contributed by atoms with Crippen molar-refractivity contribution in [2.24, 2.45) is 0 Å². The molecule has 0 aromatic heterocycles. The summed E-state index contributed by atoms with van der Waals surface area (Å²) < 4.78 is 10.6. The standard InChI is InChI=1S/C13H23NO3/c1-9-6-7-11(16-5)10(8-9)14-12(15)17-13(2,3)4/h10-11H,1,6-8H2,2-5H3,(H,14,15)/t10-,11-/m1/s1. The first-order chi connectivity index (χ1) is 7.81. The second kappa shape index (κ2) is 5.54. The minimum Gasteiger partial charge on any atom is -0.444 e. The third-order valence-electron chi connectivity index (χ3n) is 2.74. The van der Waals surface area contributed by atoms with Crippen molar-refractivity contribution in [1.82, 2.24) is 5.32 Å². The lowest BCUT2D eigenvalue weighted by atomic mass is 9.89. The third-order valence-corrected chi connectivity index (χ3v) is 2.74. The smallest absolute Gasteiger partial charge is 0.407 e. The molecule has 1 saturated carbocycles. The van der Waals surface area contributed by atoms with Crippen molar-refractivity contribution in [1.29, 1.82) is 0 Å². The topological polar surface area (TPSA) is 47.6 Å². The quantitative estimate of drug-likeness (QED) is 0.756. The molecule has 0 saturated heterocycles. The van der Waals surface area contributed by atoms with Gasteiger partial charge >= 0.3 is 6.09 Å². The van der Waals surface area contributed by atoms with E-state index < -0.39 is 5.60 Å². The molecule has 98 valence electrons. The number of nitrogens with one attached hydrogen (secondary N) is 1. The molecule has 2 atom stereocenters. The first-order valence-corrected chi connectivity index (χ1v) is 6.01. The Hall–Kier alpha value is -1.03. The van der Waals surface area contributed by atoms with Crippen molar-refractivity contribution in [2.45, 2.75) is 57.8 Å². The first-order valence-electron chi connectivity index (χ1n) is 6.01. The van der Waals surface area contributed by atoms with E-state index in [2.05, 4.69) is 11.9 Å². The maximum absolute atomic E-state index is 11.7. The molecule has 0 unspecified atom stereocenters. The Balaban J connectivity index is 2.52. The van der Waals surface area contributed by atoms with Crippen LogP contribution in [0.5, 0.6) is 0 Å². The molecule has 0 aromatic rings. The van der Waals surface area contributed by atoms with Crippen molar-refractivity contribution in [3.63, 3.8) is 0 Å². The second-order valence-corrected chi connectivity index (χ2v) is 5.52. The number of hydrogen-bond donors (Lipinski definition) is 1. The lowest BCUT2D eigenvalue weighted by Gasteiger charge is -2.32. The summed E-state index contributed by atoms with van der Waals surface area (Å²) >= 11 is 0. The monoisotopic (exact) mass is 241 g/mol. The van der Waals surface area contributed by atoms with E-state index in [1.807, 2.05) is 20.8 Å². The highest BCUT2D eigenvalue weighted by atomic mass is 16.6. The molecule has 1 rings (SSSR count). The fourth-order valence-corrected chi connectivity index (χ4v) is 1.98. The number of carbonyl (C=O) groups excluding carboxylic acids is 1. The lowest BCUT2D eigenvalue weighted by Crippen LogP contribution is -2.47. The van der Waals surface area contributed by atoms with Gasteiger partial charge in [-0.1, -0.05) is 12.2 Å². The van der Waals surface area contributed by atoms with Crippen LogP contribution in [0.2, 0.25) is 0 Å². The molecule has 0 spiro atoms. The number of alkyl carbamates (subject to hydrolysis) is 1. The molecule has 1 N–H and O–H groups in total. The molecule has 1 fully saturated rings. The molecule has 0 aliphatic heterocycles. The van der Waals surface area contributed by atoms with Crippen LogP contribution < -0.4 is 5.32 Å². The normalized spacial score (nSPS) is 25.5. The van der Waals surface area contributed by atoms with Gasteiger partial charge in [0.25, 0.3) is 0 Å². The summed E-state index contributed by atoms with van der Waals surface area (Å²) in [6, 6.07) is -0.0314. The van der Waals surface area contributed by atoms with Crippen LogP contribution in [0.3, 0.4) is 0 Å². The van der Waals surface area contributed by atoms with E-state index in [1.165, 1.54) is 0 Å². The van der Waals surface area contributed by atoms with Gasteiger partial charge in [-0.2, -0.15) is 0 Å². The molecule has 4 nitrogen and oxygen atoms in total. The molecular formula is C13H23NO3. The number of amides is 1. The van der Waals surface area contributed by atoms with Gasteiger partial charge in [0.2, 0.25) is 0 Å². The summed E-state index contributed by atoms with van der Waals surface area (Å²) in [6.45, 7) is 9.51. The van der Waals surface area contributed by atoms with Gasteiger partial charge in [-0.25, -0.2) is 4.79 Å². The van der Waals surface area contributed by atoms with E-state index in [1.54, 1.807) is 7.11 Å². The average molecular weight is 241 g/mol. The number of rotatable bonds is 2. The van der Waals surface area contributed by atoms with Gasteiger partial charge in [-0.15, -0.1) is 0 Å². The number of hydrogen-bond acceptors (Lipinski definition) is 3. The highest BCUT2D eigenvalue weighted by Gasteiger charge is 2.29. The zero-order valence-electron chi connectivity index (χ0n) is 11.2. The number of methoxy groups -OCH3 is 1. The van der Waals surface area contributed by atoms with E-state index in [9.17, 15) is 4.79 Å². The third kappa shape index (κ3) is 4.77. The predicted octanol–water partition coefficient (Wildman–Crippen LogP) is 2.63. The van der Waals surface area contributed by atoms with Crippen LogP contribution in [-0.4, -0.2) is 30.9 Å². The van der Waals surface area contributed by atoms with Crippen LogP contribution >= 0.6 is 0 Å². The maximum atomic E-state index is 11.7. The molecule has 17 heavy (non-hydrogen) atoms. The average Bonchev–Trinajstić information content (AvgIpc) is 2.14. The predicted molar refractivity (Wildman–Crippen MR) is 66.9 cm³/mol. The van der Waals surface area contributed by atoms with Gasteiger partial charge in [0.05, 0.1) is 12.1 Å². The Morgan fingerprint density at radius 3 is 2.65 bits per heavy atom. The number of carbonyl (C=O) groups is 1. The van der Waals surface area contributed by atoms with Gasteiger partial charge < -0.3 is 14.8 Å². The highest BCUT2D eigenvalue weighted by Crippen LogP contribution is 2.24. The Kier molecular flexibility index (Phi) is 4.57. The molecule has 0 heterocycles. The van der Waals surface area contributed by atoms with E-state index in [4.69, 9.17) is 9.47 Å². The maximum Gasteiger partial charge on any atom is 0.407 e. The van der Waals surface area contributed by atoms with Crippen molar-refractivity contribution in [3.8, 4) is 0 Å². The Morgan fingerprint density at radius 2 is 2.12 bits per heavy atom. The summed E-state index contributed by atoms with van der Waals surface area (Å²) in [5, 5.41) is 2.86. The molecule has 1 aliphatic rings. The second-order valence-electron chi connectivity index (χ2n) is 5.52. The lowest BCUT2D eigenvalue weighted by molar-refractivity contribution is 0.0269. The van der Waals surface area contributed by atoms with Crippen LogP contribution in [0.25, 0.3) is 0 Å². The molecule has 0 radical (unpaired) electrons. The fourth-order valence-electron chi connectivity index (χ4n) is 1.98. The van der Waals surface area contributed by atoms with Gasteiger partial charge in [0, 0.05) is 7.11 Å². The molecule has 1 amide bonds. The Morgan fingerprint density at radius 1 is 1.47 bits per heavy atom. The molecule has 4 heteroatoms. The fraction of sp³-hybridized carbons (Fsp3) is 0.769. The molecule has 0 bridgehead atoms. The van der Waals surface area contributed by atoms with E-state index >= 15 is 0 Å². The highest BCUT2D eigenvalue weighted by molar-refractivity contribution is 5.68. The van der Waals surface area contributed by atoms with Gasteiger partial charge in [-0.05, 0) is 40.0 Å². The zero-order chi connectivity index (χ0) is 13.1. The van der Waals surface area contributed by atoms with E-state index in [-0.39, 0.29) is 18.2 Å². The minimum absolute atomic E-state index is 0.0314. The largest absolute Gasteiger partial charge is 0.444 e. The number of ether oxygens (including phenoxy) is 2. The Labute approximate surface area is 103 Å². The molecule has 1 aliphatic carbocycles. The SMILES string of the molecule is C=C1CC[C@@H](OC)[C@H](NC(=O)OC(C)(C)C)C1. The summed E-state index contributed by atoms with van der Waals surface area (Å²) in [5.41, 5.74) is 0.678. The summed E-state index contributed by atoms with van der Waals surface area (Å²) in [6.07, 6.45) is 2.28. The van der Waals surface area contributed by atoms with Crippen LogP contribution in [0.15, 0.2) is 12.2 Å².